The van der Waals surface area contributed by atoms with Crippen LogP contribution in [0.2, 0.25) is 5.04 Å². The van der Waals surface area contributed by atoms with Gasteiger partial charge in [0.05, 0.1) is 19.3 Å². The lowest BCUT2D eigenvalue weighted by Crippen LogP contribution is -2.67. The van der Waals surface area contributed by atoms with E-state index in [9.17, 15) is 4.79 Å². The molecule has 186 valence electrons. The maximum atomic E-state index is 12.5. The minimum Gasteiger partial charge on any atom is -0.405 e. The lowest BCUT2D eigenvalue weighted by Gasteiger charge is -2.43. The number of aromatic nitrogens is 2. The van der Waals surface area contributed by atoms with E-state index in [0.717, 1.165) is 0 Å². The molecule has 4 rings (SSSR count). The number of ether oxygens (including phenoxy) is 2. The van der Waals surface area contributed by atoms with Gasteiger partial charge in [-0.2, -0.15) is 4.98 Å². The van der Waals surface area contributed by atoms with Crippen LogP contribution in [0.1, 0.15) is 33.4 Å². The number of benzene rings is 2. The number of hydrogen-bond donors (Lipinski definition) is 1. The average Bonchev–Trinajstić information content (AvgIpc) is 3.22. The van der Waals surface area contributed by atoms with Gasteiger partial charge in [0.2, 0.25) is 0 Å². The summed E-state index contributed by atoms with van der Waals surface area (Å²) in [5.41, 5.74) is 5.26. The number of anilines is 1. The van der Waals surface area contributed by atoms with Crippen LogP contribution in [0.25, 0.3) is 0 Å². The van der Waals surface area contributed by atoms with Gasteiger partial charge in [-0.25, -0.2) is 4.79 Å². The van der Waals surface area contributed by atoms with E-state index in [1.165, 1.54) is 14.9 Å². The van der Waals surface area contributed by atoms with Crippen molar-refractivity contribution in [1.29, 1.82) is 0 Å². The van der Waals surface area contributed by atoms with E-state index in [4.69, 9.17) is 19.6 Å². The molecule has 3 atom stereocenters. The van der Waals surface area contributed by atoms with Gasteiger partial charge in [0.15, 0.2) is 0 Å². The summed E-state index contributed by atoms with van der Waals surface area (Å²) >= 11 is 0. The van der Waals surface area contributed by atoms with Crippen molar-refractivity contribution in [3.63, 3.8) is 0 Å². The zero-order chi connectivity index (χ0) is 25.1. The van der Waals surface area contributed by atoms with E-state index in [1.807, 2.05) is 12.1 Å². The monoisotopic (exact) mass is 493 g/mol. The summed E-state index contributed by atoms with van der Waals surface area (Å²) < 4.78 is 20.5. The molecule has 8 heteroatoms. The summed E-state index contributed by atoms with van der Waals surface area (Å²) in [6.07, 6.45) is 1.60. The molecule has 0 aliphatic carbocycles. The summed E-state index contributed by atoms with van der Waals surface area (Å²) in [7, 11) is -1.02. The van der Waals surface area contributed by atoms with Crippen LogP contribution in [-0.2, 0) is 13.9 Å². The molecule has 1 aliphatic rings. The molecule has 3 unspecified atom stereocenters. The van der Waals surface area contributed by atoms with Gasteiger partial charge in [-0.05, 0) is 21.5 Å². The molecule has 0 amide bonds. The maximum absolute atomic E-state index is 12.5. The first-order chi connectivity index (χ1) is 16.8. The summed E-state index contributed by atoms with van der Waals surface area (Å²) in [6, 6.07) is 22.7. The van der Waals surface area contributed by atoms with Crippen molar-refractivity contribution in [3.8, 4) is 0 Å². The Morgan fingerprint density at radius 2 is 1.63 bits per heavy atom. The molecule has 7 nitrogen and oxygen atoms in total. The summed E-state index contributed by atoms with van der Waals surface area (Å²) in [4.78, 5) is 16.3. The van der Waals surface area contributed by atoms with Crippen LogP contribution in [0.15, 0.2) is 77.7 Å². The standard InChI is InChI=1S/C27H35N3O4Si/c1-27(2,3)35(21-11-7-5-8-12-21,22-13-9-6-10-14-22)33-19-23-20(18-32-4)17-25(34-23)30-16-15-24(28)29-26(30)31/h5-16,20,23,25H,17-19H2,1-4H3,(H2,28,29,31). The second-order valence-corrected chi connectivity index (χ2v) is 14.4. The largest absolute Gasteiger partial charge is 0.405 e. The first kappa shape index (κ1) is 25.3. The van der Waals surface area contributed by atoms with E-state index < -0.39 is 20.2 Å². The quantitative estimate of drug-likeness (QED) is 0.486. The number of hydrogen-bond acceptors (Lipinski definition) is 6. The molecule has 0 radical (unpaired) electrons. The number of rotatable bonds is 8. The van der Waals surface area contributed by atoms with Gasteiger partial charge < -0.3 is 19.6 Å². The van der Waals surface area contributed by atoms with Crippen LogP contribution in [0.5, 0.6) is 0 Å². The van der Waals surface area contributed by atoms with Crippen molar-refractivity contribution >= 4 is 24.5 Å². The Morgan fingerprint density at radius 3 is 2.14 bits per heavy atom. The highest BCUT2D eigenvalue weighted by atomic mass is 28.4. The van der Waals surface area contributed by atoms with Gasteiger partial charge >= 0.3 is 5.69 Å². The lowest BCUT2D eigenvalue weighted by molar-refractivity contribution is -0.0351. The van der Waals surface area contributed by atoms with Crippen molar-refractivity contribution in [3.05, 3.63) is 83.4 Å². The van der Waals surface area contributed by atoms with Crippen LogP contribution in [0.4, 0.5) is 5.82 Å². The second-order valence-electron chi connectivity index (χ2n) is 10.1. The minimum atomic E-state index is -2.71. The molecule has 1 aromatic heterocycles. The summed E-state index contributed by atoms with van der Waals surface area (Å²) in [5.74, 6) is 0.275. The average molecular weight is 494 g/mol. The van der Waals surface area contributed by atoms with Gasteiger partial charge in [0.1, 0.15) is 12.0 Å². The molecule has 0 spiro atoms. The van der Waals surface area contributed by atoms with E-state index >= 15 is 0 Å². The fourth-order valence-corrected chi connectivity index (χ4v) is 9.71. The molecule has 0 bridgehead atoms. The van der Waals surface area contributed by atoms with Crippen LogP contribution >= 0.6 is 0 Å². The van der Waals surface area contributed by atoms with Crippen molar-refractivity contribution < 1.29 is 13.9 Å². The Kier molecular flexibility index (Phi) is 7.56. The molecular formula is C27H35N3O4Si. The first-order valence-corrected chi connectivity index (χ1v) is 13.9. The third kappa shape index (κ3) is 5.11. The number of nitrogens with two attached hydrogens (primary N) is 1. The van der Waals surface area contributed by atoms with Gasteiger partial charge in [-0.1, -0.05) is 81.4 Å². The number of nitrogen functional groups attached to an aromatic ring is 1. The number of methoxy groups -OCH3 is 1. The first-order valence-electron chi connectivity index (χ1n) is 12.0. The zero-order valence-corrected chi connectivity index (χ0v) is 21.9. The van der Waals surface area contributed by atoms with Gasteiger partial charge in [0, 0.05) is 25.6 Å². The molecule has 2 aromatic carbocycles. The molecule has 1 saturated heterocycles. The smallest absolute Gasteiger partial charge is 0.351 e. The second kappa shape index (κ2) is 10.5. The number of nitrogens with zero attached hydrogens (tertiary/aromatic N) is 2. The van der Waals surface area contributed by atoms with Crippen LogP contribution in [0.3, 0.4) is 0 Å². The van der Waals surface area contributed by atoms with Gasteiger partial charge in [-0.15, -0.1) is 0 Å². The van der Waals surface area contributed by atoms with Gasteiger partial charge in [-0.3, -0.25) is 4.57 Å². The predicted octanol–water partition coefficient (Wildman–Crippen LogP) is 2.95. The highest BCUT2D eigenvalue weighted by molar-refractivity contribution is 6.99. The predicted molar refractivity (Wildman–Crippen MR) is 140 cm³/mol. The van der Waals surface area contributed by atoms with Crippen molar-refractivity contribution in [2.75, 3.05) is 26.1 Å². The molecule has 1 aliphatic heterocycles. The fraction of sp³-hybridized carbons (Fsp3) is 0.407. The van der Waals surface area contributed by atoms with Crippen LogP contribution in [-0.4, -0.2) is 44.3 Å². The third-order valence-corrected chi connectivity index (χ3v) is 11.8. The molecule has 3 aromatic rings. The Bertz CT molecular complexity index is 1120. The third-order valence-electron chi connectivity index (χ3n) is 6.79. The van der Waals surface area contributed by atoms with Gasteiger partial charge in [0.25, 0.3) is 8.32 Å². The Labute approximate surface area is 208 Å². The fourth-order valence-electron chi connectivity index (χ4n) is 5.14. The zero-order valence-electron chi connectivity index (χ0n) is 20.9. The molecule has 1 fully saturated rings. The molecule has 2 heterocycles. The van der Waals surface area contributed by atoms with Crippen LogP contribution < -0.4 is 21.8 Å². The molecular weight excluding hydrogens is 458 g/mol. The molecule has 35 heavy (non-hydrogen) atoms. The molecule has 2 N–H and O–H groups in total. The maximum Gasteiger partial charge on any atom is 0.351 e. The van der Waals surface area contributed by atoms with E-state index in [-0.39, 0.29) is 22.9 Å². The SMILES string of the molecule is COCC1CC(n2ccc(N)nc2=O)OC1CO[Si](c1ccccc1)(c1ccccc1)C(C)(C)C. The van der Waals surface area contributed by atoms with Crippen molar-refractivity contribution in [1.82, 2.24) is 9.55 Å². The Balaban J connectivity index is 1.68. The van der Waals surface area contributed by atoms with Crippen molar-refractivity contribution in [2.24, 2.45) is 5.92 Å². The summed E-state index contributed by atoms with van der Waals surface area (Å²) in [5, 5.41) is 2.30. The highest BCUT2D eigenvalue weighted by Crippen LogP contribution is 2.39. The normalized spacial score (nSPS) is 20.7. The summed E-state index contributed by atoms with van der Waals surface area (Å²) in [6.45, 7) is 7.68. The van der Waals surface area contributed by atoms with E-state index in [1.54, 1.807) is 19.4 Å². The van der Waals surface area contributed by atoms with Crippen molar-refractivity contribution in [2.45, 2.75) is 44.6 Å². The van der Waals surface area contributed by atoms with E-state index in [0.29, 0.717) is 19.6 Å². The van der Waals surface area contributed by atoms with Crippen LogP contribution in [0, 0.1) is 5.92 Å². The topological polar surface area (TPSA) is 88.6 Å². The molecule has 0 saturated carbocycles. The lowest BCUT2D eigenvalue weighted by atomic mass is 10.0. The van der Waals surface area contributed by atoms with E-state index in [2.05, 4.69) is 74.3 Å². The Morgan fingerprint density at radius 1 is 1.03 bits per heavy atom. The Hall–Kier alpha value is -2.78. The minimum absolute atomic E-state index is 0.0765. The highest BCUT2D eigenvalue weighted by Gasteiger charge is 2.51.